The number of hydrogen-bond acceptors (Lipinski definition) is 5. The molecule has 6 nitrogen and oxygen atoms in total. The van der Waals surface area contributed by atoms with Gasteiger partial charge in [0.15, 0.2) is 0 Å². The fourth-order valence-electron chi connectivity index (χ4n) is 1.26. The number of aromatic nitrogens is 4. The minimum atomic E-state index is 0.579. The Morgan fingerprint density at radius 3 is 3.07 bits per heavy atom. The number of nitrogens with two attached hydrogens (primary N) is 1. The number of nitrogens with zero attached hydrogens (tertiary/aromatic N) is 4. The maximum Gasteiger partial charge on any atom is 0.227 e. The molecule has 2 aromatic heterocycles. The van der Waals surface area contributed by atoms with Crippen LogP contribution in [0, 0.1) is 0 Å². The van der Waals surface area contributed by atoms with Gasteiger partial charge < -0.3 is 10.3 Å². The molecule has 2 aromatic rings. The molecule has 15 heavy (non-hydrogen) atoms. The van der Waals surface area contributed by atoms with Gasteiger partial charge in [0.1, 0.15) is 0 Å². The van der Waals surface area contributed by atoms with E-state index in [-0.39, 0.29) is 0 Å². The largest absolute Gasteiger partial charge is 0.339 e. The van der Waals surface area contributed by atoms with Gasteiger partial charge in [0.2, 0.25) is 11.7 Å². The molecule has 2 N–H and O–H groups in total. The van der Waals surface area contributed by atoms with Crippen molar-refractivity contribution in [3.8, 4) is 11.4 Å². The molecule has 0 radical (unpaired) electrons. The summed E-state index contributed by atoms with van der Waals surface area (Å²) in [5, 5.41) is 7.91. The fraction of sp³-hybridized carbons (Fsp3) is 0.444. The van der Waals surface area contributed by atoms with Crippen molar-refractivity contribution in [1.29, 1.82) is 0 Å². The van der Waals surface area contributed by atoms with Crippen LogP contribution >= 0.6 is 0 Å². The first-order chi connectivity index (χ1) is 7.29. The molecule has 0 aromatic carbocycles. The second-order valence-electron chi connectivity index (χ2n) is 3.31. The normalized spacial score (nSPS) is 10.8. The van der Waals surface area contributed by atoms with Gasteiger partial charge in [0.25, 0.3) is 0 Å². The van der Waals surface area contributed by atoms with E-state index in [9.17, 15) is 0 Å². The summed E-state index contributed by atoms with van der Waals surface area (Å²) in [5.41, 5.74) is 6.26. The lowest BCUT2D eigenvalue weighted by atomic mass is 10.3. The smallest absolute Gasteiger partial charge is 0.227 e. The van der Waals surface area contributed by atoms with Crippen LogP contribution in [0.3, 0.4) is 0 Å². The molecule has 2 rings (SSSR count). The maximum absolute atomic E-state index is 5.39. The van der Waals surface area contributed by atoms with Gasteiger partial charge >= 0.3 is 0 Å². The average Bonchev–Trinajstić information content (AvgIpc) is 2.83. The first-order valence-corrected chi connectivity index (χ1v) is 4.81. The predicted molar refractivity (Wildman–Crippen MR) is 53.9 cm³/mol. The molecule has 0 aliphatic carbocycles. The summed E-state index contributed by atoms with van der Waals surface area (Å²) in [6.07, 6.45) is 5.13. The molecule has 0 saturated carbocycles. The van der Waals surface area contributed by atoms with Crippen LogP contribution in [0.15, 0.2) is 16.9 Å². The van der Waals surface area contributed by atoms with E-state index >= 15 is 0 Å². The highest BCUT2D eigenvalue weighted by Crippen LogP contribution is 2.14. The Labute approximate surface area is 87.1 Å². The third kappa shape index (κ3) is 2.21. The topological polar surface area (TPSA) is 82.8 Å². The van der Waals surface area contributed by atoms with E-state index in [1.165, 1.54) is 0 Å². The Morgan fingerprint density at radius 2 is 2.40 bits per heavy atom. The SMILES string of the molecule is Cn1cc(-c2noc(CCCN)n2)cn1. The molecule has 0 unspecified atom stereocenters. The average molecular weight is 207 g/mol. The van der Waals surface area contributed by atoms with Crippen LogP contribution in [-0.2, 0) is 13.5 Å². The summed E-state index contributed by atoms with van der Waals surface area (Å²) in [4.78, 5) is 4.24. The van der Waals surface area contributed by atoms with Crippen molar-refractivity contribution in [1.82, 2.24) is 19.9 Å². The van der Waals surface area contributed by atoms with Crippen molar-refractivity contribution in [3.05, 3.63) is 18.3 Å². The zero-order valence-electron chi connectivity index (χ0n) is 8.55. The first-order valence-electron chi connectivity index (χ1n) is 4.81. The number of hydrogen-bond donors (Lipinski definition) is 1. The van der Waals surface area contributed by atoms with Gasteiger partial charge in [-0.1, -0.05) is 5.16 Å². The Bertz CT molecular complexity index is 433. The van der Waals surface area contributed by atoms with Gasteiger partial charge in [-0.25, -0.2) is 0 Å². The van der Waals surface area contributed by atoms with Crippen LogP contribution in [0.4, 0.5) is 0 Å². The minimum Gasteiger partial charge on any atom is -0.339 e. The molecule has 0 saturated heterocycles. The van der Waals surface area contributed by atoms with Crippen molar-refractivity contribution >= 4 is 0 Å². The van der Waals surface area contributed by atoms with Crippen molar-refractivity contribution in [2.75, 3.05) is 6.54 Å². The first kappa shape index (κ1) is 9.85. The van der Waals surface area contributed by atoms with Crippen LogP contribution in [0.2, 0.25) is 0 Å². The van der Waals surface area contributed by atoms with Crippen molar-refractivity contribution in [2.45, 2.75) is 12.8 Å². The molecule has 0 atom stereocenters. The quantitative estimate of drug-likeness (QED) is 0.782. The highest BCUT2D eigenvalue weighted by Gasteiger charge is 2.09. The lowest BCUT2D eigenvalue weighted by Crippen LogP contribution is -2.00. The molecule has 0 aliphatic rings. The summed E-state index contributed by atoms with van der Waals surface area (Å²) in [6, 6.07) is 0. The standard InChI is InChI=1S/C9H13N5O/c1-14-6-7(5-11-14)9-12-8(15-13-9)3-2-4-10/h5-6H,2-4,10H2,1H3. The predicted octanol–water partition coefficient (Wildman–Crippen LogP) is 0.361. The molecule has 2 heterocycles. The Hall–Kier alpha value is -1.69. The second-order valence-corrected chi connectivity index (χ2v) is 3.31. The fourth-order valence-corrected chi connectivity index (χ4v) is 1.26. The monoisotopic (exact) mass is 207 g/mol. The molecule has 80 valence electrons. The van der Waals surface area contributed by atoms with E-state index < -0.39 is 0 Å². The second kappa shape index (κ2) is 4.22. The molecule has 0 amide bonds. The third-order valence-corrected chi connectivity index (χ3v) is 2.03. The zero-order valence-corrected chi connectivity index (χ0v) is 8.55. The van der Waals surface area contributed by atoms with E-state index in [4.69, 9.17) is 10.3 Å². The third-order valence-electron chi connectivity index (χ3n) is 2.03. The van der Waals surface area contributed by atoms with Crippen molar-refractivity contribution in [3.63, 3.8) is 0 Å². The van der Waals surface area contributed by atoms with Crippen LogP contribution in [0.25, 0.3) is 11.4 Å². The molecular weight excluding hydrogens is 194 g/mol. The van der Waals surface area contributed by atoms with E-state index in [0.717, 1.165) is 18.4 Å². The Balaban J connectivity index is 2.13. The van der Waals surface area contributed by atoms with E-state index in [0.29, 0.717) is 18.3 Å². The van der Waals surface area contributed by atoms with Crippen LogP contribution in [0.1, 0.15) is 12.3 Å². The summed E-state index contributed by atoms with van der Waals surface area (Å²) < 4.78 is 6.78. The lowest BCUT2D eigenvalue weighted by molar-refractivity contribution is 0.376. The van der Waals surface area contributed by atoms with Crippen molar-refractivity contribution in [2.24, 2.45) is 12.8 Å². The summed E-state index contributed by atoms with van der Waals surface area (Å²) in [5.74, 6) is 1.20. The Morgan fingerprint density at radius 1 is 1.53 bits per heavy atom. The van der Waals surface area contributed by atoms with Gasteiger partial charge in [-0.2, -0.15) is 10.1 Å². The number of rotatable bonds is 4. The van der Waals surface area contributed by atoms with E-state index in [1.807, 2.05) is 13.2 Å². The summed E-state index contributed by atoms with van der Waals surface area (Å²) in [6.45, 7) is 0.630. The van der Waals surface area contributed by atoms with E-state index in [1.54, 1.807) is 10.9 Å². The Kier molecular flexibility index (Phi) is 2.77. The summed E-state index contributed by atoms with van der Waals surface area (Å²) in [7, 11) is 1.85. The highest BCUT2D eigenvalue weighted by molar-refractivity contribution is 5.50. The van der Waals surface area contributed by atoms with Crippen LogP contribution in [0.5, 0.6) is 0 Å². The zero-order chi connectivity index (χ0) is 10.7. The molecule has 0 fully saturated rings. The molecule has 0 aliphatic heterocycles. The molecule has 0 bridgehead atoms. The highest BCUT2D eigenvalue weighted by atomic mass is 16.5. The van der Waals surface area contributed by atoms with Gasteiger partial charge in [-0.3, -0.25) is 4.68 Å². The van der Waals surface area contributed by atoms with Gasteiger partial charge in [-0.15, -0.1) is 0 Å². The van der Waals surface area contributed by atoms with Crippen LogP contribution < -0.4 is 5.73 Å². The van der Waals surface area contributed by atoms with Crippen LogP contribution in [-0.4, -0.2) is 26.5 Å². The van der Waals surface area contributed by atoms with E-state index in [2.05, 4.69) is 15.2 Å². The number of aryl methyl sites for hydroxylation is 2. The lowest BCUT2D eigenvalue weighted by Gasteiger charge is -1.88. The van der Waals surface area contributed by atoms with Gasteiger partial charge in [-0.05, 0) is 13.0 Å². The molecular formula is C9H13N5O. The maximum atomic E-state index is 5.39. The molecule has 6 heteroatoms. The molecule has 0 spiro atoms. The summed E-state index contributed by atoms with van der Waals surface area (Å²) >= 11 is 0. The van der Waals surface area contributed by atoms with Crippen molar-refractivity contribution < 1.29 is 4.52 Å². The van der Waals surface area contributed by atoms with Gasteiger partial charge in [0, 0.05) is 19.7 Å². The van der Waals surface area contributed by atoms with Gasteiger partial charge in [0.05, 0.1) is 11.8 Å². The minimum absolute atomic E-state index is 0.579.